The predicted molar refractivity (Wildman–Crippen MR) is 99.6 cm³/mol. The van der Waals surface area contributed by atoms with Crippen LogP contribution in [0.25, 0.3) is 28.0 Å². The molecular weight excluding hydrogens is 351 g/mol. The van der Waals surface area contributed by atoms with Crippen LogP contribution in [0.2, 0.25) is 0 Å². The molecule has 0 fully saturated rings. The van der Waals surface area contributed by atoms with Crippen LogP contribution in [0.4, 0.5) is 4.39 Å². The minimum absolute atomic E-state index is 0.275. The molecular formula is C20H15FN2O2S. The second-order valence-corrected chi connectivity index (χ2v) is 8.08. The molecule has 0 atom stereocenters. The van der Waals surface area contributed by atoms with Gasteiger partial charge in [-0.25, -0.2) is 17.8 Å². The van der Waals surface area contributed by atoms with E-state index in [9.17, 15) is 12.8 Å². The van der Waals surface area contributed by atoms with Crippen molar-refractivity contribution < 1.29 is 12.8 Å². The average Bonchev–Trinajstić information content (AvgIpc) is 3.05. The SMILES string of the molecule is CS(=O)(=O)c1ccc(-c2ccc3ccn(-c4ccc(F)cc4)c3n2)cc1. The summed E-state index contributed by atoms with van der Waals surface area (Å²) in [5.74, 6) is -0.287. The van der Waals surface area contributed by atoms with E-state index in [4.69, 9.17) is 4.98 Å². The number of fused-ring (bicyclic) bond motifs is 1. The van der Waals surface area contributed by atoms with E-state index in [1.807, 2.05) is 29.0 Å². The van der Waals surface area contributed by atoms with Gasteiger partial charge in [0.25, 0.3) is 0 Å². The number of pyridine rings is 1. The van der Waals surface area contributed by atoms with E-state index in [1.165, 1.54) is 18.4 Å². The molecule has 2 heterocycles. The van der Waals surface area contributed by atoms with Crippen molar-refractivity contribution in [3.8, 4) is 16.9 Å². The molecule has 4 rings (SSSR count). The van der Waals surface area contributed by atoms with Gasteiger partial charge >= 0.3 is 0 Å². The number of hydrogen-bond acceptors (Lipinski definition) is 3. The van der Waals surface area contributed by atoms with Crippen LogP contribution in [0.3, 0.4) is 0 Å². The second-order valence-electron chi connectivity index (χ2n) is 6.07. The average molecular weight is 366 g/mol. The van der Waals surface area contributed by atoms with Gasteiger partial charge in [-0.05, 0) is 54.6 Å². The van der Waals surface area contributed by atoms with Gasteiger partial charge < -0.3 is 4.57 Å². The summed E-state index contributed by atoms with van der Waals surface area (Å²) in [6.07, 6.45) is 3.07. The predicted octanol–water partition coefficient (Wildman–Crippen LogP) is 4.24. The summed E-state index contributed by atoms with van der Waals surface area (Å²) in [6.45, 7) is 0. The van der Waals surface area contributed by atoms with Crippen LogP contribution in [0, 0.1) is 5.82 Å². The van der Waals surface area contributed by atoms with Crippen molar-refractivity contribution in [3.63, 3.8) is 0 Å². The first-order valence-electron chi connectivity index (χ1n) is 7.96. The fourth-order valence-electron chi connectivity index (χ4n) is 2.85. The summed E-state index contributed by atoms with van der Waals surface area (Å²) in [7, 11) is -3.23. The van der Waals surface area contributed by atoms with Crippen LogP contribution in [-0.4, -0.2) is 24.2 Å². The van der Waals surface area contributed by atoms with Crippen molar-refractivity contribution in [3.05, 3.63) is 78.7 Å². The quantitative estimate of drug-likeness (QED) is 0.545. The van der Waals surface area contributed by atoms with Crippen molar-refractivity contribution in [1.29, 1.82) is 0 Å². The van der Waals surface area contributed by atoms with Gasteiger partial charge in [-0.1, -0.05) is 12.1 Å². The Kier molecular flexibility index (Phi) is 3.85. The lowest BCUT2D eigenvalue weighted by atomic mass is 10.1. The molecule has 2 aromatic carbocycles. The third kappa shape index (κ3) is 2.99. The van der Waals surface area contributed by atoms with Crippen LogP contribution in [0.1, 0.15) is 0 Å². The summed E-state index contributed by atoms with van der Waals surface area (Å²) in [4.78, 5) is 4.99. The summed E-state index contributed by atoms with van der Waals surface area (Å²) in [6, 6.07) is 18.7. The first-order valence-corrected chi connectivity index (χ1v) is 9.85. The van der Waals surface area contributed by atoms with Crippen molar-refractivity contribution in [1.82, 2.24) is 9.55 Å². The molecule has 0 N–H and O–H groups in total. The van der Waals surface area contributed by atoms with Crippen LogP contribution < -0.4 is 0 Å². The van der Waals surface area contributed by atoms with Crippen molar-refractivity contribution >= 4 is 20.9 Å². The topological polar surface area (TPSA) is 52.0 Å². The Hall–Kier alpha value is -2.99. The Morgan fingerprint density at radius 1 is 0.885 bits per heavy atom. The zero-order valence-corrected chi connectivity index (χ0v) is 14.7. The zero-order chi connectivity index (χ0) is 18.3. The highest BCUT2D eigenvalue weighted by Gasteiger charge is 2.10. The van der Waals surface area contributed by atoms with Crippen LogP contribution >= 0.6 is 0 Å². The molecule has 0 spiro atoms. The molecule has 0 saturated heterocycles. The standard InChI is InChI=1S/C20H15FN2O2S/c1-26(24,25)18-9-2-14(3-10-18)19-11-4-15-12-13-23(20(15)22-19)17-7-5-16(21)6-8-17/h2-13H,1H3. The first kappa shape index (κ1) is 16.5. The number of sulfone groups is 1. The molecule has 4 aromatic rings. The minimum Gasteiger partial charge on any atom is -0.301 e. The van der Waals surface area contributed by atoms with E-state index in [-0.39, 0.29) is 10.7 Å². The summed E-state index contributed by atoms with van der Waals surface area (Å²) in [5, 5.41) is 0.964. The van der Waals surface area contributed by atoms with Gasteiger partial charge in [-0.15, -0.1) is 0 Å². The second kappa shape index (κ2) is 6.07. The van der Waals surface area contributed by atoms with Gasteiger partial charge in [0, 0.05) is 29.1 Å². The van der Waals surface area contributed by atoms with E-state index in [2.05, 4.69) is 0 Å². The highest BCUT2D eigenvalue weighted by molar-refractivity contribution is 7.90. The maximum absolute atomic E-state index is 13.2. The zero-order valence-electron chi connectivity index (χ0n) is 13.9. The van der Waals surface area contributed by atoms with E-state index < -0.39 is 9.84 Å². The van der Waals surface area contributed by atoms with Gasteiger partial charge in [0.1, 0.15) is 11.5 Å². The maximum Gasteiger partial charge on any atom is 0.175 e. The fourth-order valence-corrected chi connectivity index (χ4v) is 3.48. The molecule has 0 radical (unpaired) electrons. The summed E-state index contributed by atoms with van der Waals surface area (Å²) in [5.41, 5.74) is 3.13. The van der Waals surface area contributed by atoms with Crippen molar-refractivity contribution in [2.24, 2.45) is 0 Å². The highest BCUT2D eigenvalue weighted by Crippen LogP contribution is 2.25. The molecule has 0 aliphatic carbocycles. The number of rotatable bonds is 3. The largest absolute Gasteiger partial charge is 0.301 e. The minimum atomic E-state index is -3.23. The van der Waals surface area contributed by atoms with Gasteiger partial charge in [-0.3, -0.25) is 0 Å². The Labute approximate surface area is 150 Å². The third-order valence-corrected chi connectivity index (χ3v) is 5.35. The van der Waals surface area contributed by atoms with Crippen LogP contribution in [0.15, 0.2) is 77.8 Å². The van der Waals surface area contributed by atoms with Crippen molar-refractivity contribution in [2.45, 2.75) is 4.90 Å². The monoisotopic (exact) mass is 366 g/mol. The highest BCUT2D eigenvalue weighted by atomic mass is 32.2. The Balaban J connectivity index is 1.80. The first-order chi connectivity index (χ1) is 12.4. The Morgan fingerprint density at radius 2 is 1.58 bits per heavy atom. The molecule has 0 unspecified atom stereocenters. The van der Waals surface area contributed by atoms with Crippen LogP contribution in [-0.2, 0) is 9.84 Å². The lowest BCUT2D eigenvalue weighted by molar-refractivity contribution is 0.602. The lowest BCUT2D eigenvalue weighted by Crippen LogP contribution is -1.97. The summed E-state index contributed by atoms with van der Waals surface area (Å²) >= 11 is 0. The lowest BCUT2D eigenvalue weighted by Gasteiger charge is -2.07. The maximum atomic E-state index is 13.2. The molecule has 130 valence electrons. The molecule has 0 aliphatic heterocycles. The van der Waals surface area contributed by atoms with Crippen molar-refractivity contribution in [2.75, 3.05) is 6.26 Å². The molecule has 0 amide bonds. The van der Waals surface area contributed by atoms with Gasteiger partial charge in [0.2, 0.25) is 0 Å². The fraction of sp³-hybridized carbons (Fsp3) is 0.0500. The molecule has 0 aliphatic rings. The normalized spacial score (nSPS) is 11.8. The Morgan fingerprint density at radius 3 is 2.23 bits per heavy atom. The van der Waals surface area contributed by atoms with E-state index in [0.717, 1.165) is 28.0 Å². The van der Waals surface area contributed by atoms with E-state index >= 15 is 0 Å². The van der Waals surface area contributed by atoms with Gasteiger partial charge in [0.05, 0.1) is 10.6 Å². The molecule has 2 aromatic heterocycles. The van der Waals surface area contributed by atoms with E-state index in [0.29, 0.717) is 0 Å². The molecule has 4 nitrogen and oxygen atoms in total. The van der Waals surface area contributed by atoms with Gasteiger partial charge in [0.15, 0.2) is 9.84 Å². The third-order valence-electron chi connectivity index (χ3n) is 4.22. The number of hydrogen-bond donors (Lipinski definition) is 0. The van der Waals surface area contributed by atoms with E-state index in [1.54, 1.807) is 36.4 Å². The summed E-state index contributed by atoms with van der Waals surface area (Å²) < 4.78 is 38.3. The number of benzene rings is 2. The number of aromatic nitrogens is 2. The molecule has 0 bridgehead atoms. The van der Waals surface area contributed by atoms with Gasteiger partial charge in [-0.2, -0.15) is 0 Å². The molecule has 0 saturated carbocycles. The van der Waals surface area contributed by atoms with Crippen LogP contribution in [0.5, 0.6) is 0 Å². The smallest absolute Gasteiger partial charge is 0.175 e. The Bertz CT molecular complexity index is 1200. The number of nitrogens with zero attached hydrogens (tertiary/aromatic N) is 2. The number of halogens is 1. The molecule has 6 heteroatoms. The molecule has 26 heavy (non-hydrogen) atoms.